The molecule has 0 saturated carbocycles. The third kappa shape index (κ3) is 3.96. The lowest BCUT2D eigenvalue weighted by atomic mass is 10.2. The van der Waals surface area contributed by atoms with E-state index in [4.69, 9.17) is 10.5 Å². The molecule has 1 atom stereocenters. The van der Waals surface area contributed by atoms with Gasteiger partial charge >= 0.3 is 0 Å². The molecule has 94 valence electrons. The van der Waals surface area contributed by atoms with Gasteiger partial charge in [-0.3, -0.25) is 4.79 Å². The number of amides is 1. The van der Waals surface area contributed by atoms with Gasteiger partial charge in [0.15, 0.2) is 11.5 Å². The molecule has 1 unspecified atom stereocenters. The number of benzene rings is 1. The van der Waals surface area contributed by atoms with Crippen molar-refractivity contribution in [2.24, 2.45) is 5.73 Å². The number of ether oxygens (including phenoxy) is 1. The van der Waals surface area contributed by atoms with E-state index in [9.17, 15) is 9.90 Å². The summed E-state index contributed by atoms with van der Waals surface area (Å²) in [5.74, 6) is 0.158. The SMILES string of the molecule is CCOc1cc(CNC(C)C(N)=O)ccc1O. The van der Waals surface area contributed by atoms with Gasteiger partial charge in [-0.2, -0.15) is 0 Å². The zero-order valence-electron chi connectivity index (χ0n) is 10.1. The van der Waals surface area contributed by atoms with Gasteiger partial charge in [0.05, 0.1) is 12.6 Å². The number of primary amides is 1. The number of rotatable bonds is 6. The van der Waals surface area contributed by atoms with Crippen LogP contribution in [0.25, 0.3) is 0 Å². The highest BCUT2D eigenvalue weighted by Gasteiger charge is 2.08. The molecule has 1 aromatic carbocycles. The molecule has 5 nitrogen and oxygen atoms in total. The van der Waals surface area contributed by atoms with Crippen LogP contribution in [0.5, 0.6) is 11.5 Å². The summed E-state index contributed by atoms with van der Waals surface area (Å²) in [7, 11) is 0. The van der Waals surface area contributed by atoms with Crippen LogP contribution in [0.3, 0.4) is 0 Å². The Balaban J connectivity index is 2.65. The third-order valence-electron chi connectivity index (χ3n) is 2.36. The Morgan fingerprint density at radius 1 is 1.59 bits per heavy atom. The zero-order chi connectivity index (χ0) is 12.8. The van der Waals surface area contributed by atoms with Crippen LogP contribution >= 0.6 is 0 Å². The maximum absolute atomic E-state index is 10.8. The van der Waals surface area contributed by atoms with E-state index in [0.717, 1.165) is 5.56 Å². The summed E-state index contributed by atoms with van der Waals surface area (Å²) in [4.78, 5) is 10.8. The molecular formula is C12H18N2O3. The van der Waals surface area contributed by atoms with Gasteiger partial charge in [0.25, 0.3) is 0 Å². The molecule has 0 aromatic heterocycles. The fourth-order valence-electron chi connectivity index (χ4n) is 1.31. The van der Waals surface area contributed by atoms with E-state index < -0.39 is 5.91 Å². The van der Waals surface area contributed by atoms with Gasteiger partial charge in [-0.1, -0.05) is 6.07 Å². The Kier molecular flexibility index (Phi) is 4.78. The molecule has 17 heavy (non-hydrogen) atoms. The number of phenols is 1. The minimum absolute atomic E-state index is 0.110. The molecular weight excluding hydrogens is 220 g/mol. The highest BCUT2D eigenvalue weighted by atomic mass is 16.5. The van der Waals surface area contributed by atoms with Crippen LogP contribution in [-0.4, -0.2) is 23.7 Å². The van der Waals surface area contributed by atoms with Crippen molar-refractivity contribution in [1.82, 2.24) is 5.32 Å². The maximum Gasteiger partial charge on any atom is 0.234 e. The van der Waals surface area contributed by atoms with Crippen molar-refractivity contribution in [1.29, 1.82) is 0 Å². The molecule has 0 spiro atoms. The van der Waals surface area contributed by atoms with Gasteiger partial charge in [-0.25, -0.2) is 0 Å². The average Bonchev–Trinajstić information content (AvgIpc) is 2.29. The fourth-order valence-corrected chi connectivity index (χ4v) is 1.31. The van der Waals surface area contributed by atoms with E-state index in [-0.39, 0.29) is 11.8 Å². The van der Waals surface area contributed by atoms with Crippen molar-refractivity contribution in [3.8, 4) is 11.5 Å². The molecule has 0 fully saturated rings. The molecule has 0 aliphatic carbocycles. The first-order chi connectivity index (χ1) is 8.04. The molecule has 0 bridgehead atoms. The fraction of sp³-hybridized carbons (Fsp3) is 0.417. The number of nitrogens with one attached hydrogen (secondary N) is 1. The average molecular weight is 238 g/mol. The monoisotopic (exact) mass is 238 g/mol. The van der Waals surface area contributed by atoms with Crippen molar-refractivity contribution in [3.63, 3.8) is 0 Å². The molecule has 1 amide bonds. The minimum atomic E-state index is -0.395. The topological polar surface area (TPSA) is 84.6 Å². The first-order valence-corrected chi connectivity index (χ1v) is 5.52. The number of hydrogen-bond acceptors (Lipinski definition) is 4. The first-order valence-electron chi connectivity index (χ1n) is 5.52. The Labute approximate surface area is 101 Å². The van der Waals surface area contributed by atoms with Crippen LogP contribution in [0.2, 0.25) is 0 Å². The summed E-state index contributed by atoms with van der Waals surface area (Å²) in [5, 5.41) is 12.5. The summed E-state index contributed by atoms with van der Waals surface area (Å²) in [6.45, 7) is 4.53. The van der Waals surface area contributed by atoms with Crippen molar-refractivity contribution in [2.45, 2.75) is 26.4 Å². The van der Waals surface area contributed by atoms with Crippen molar-refractivity contribution >= 4 is 5.91 Å². The van der Waals surface area contributed by atoms with E-state index in [1.165, 1.54) is 0 Å². The Morgan fingerprint density at radius 3 is 2.88 bits per heavy atom. The number of carbonyl (C=O) groups excluding carboxylic acids is 1. The van der Waals surface area contributed by atoms with E-state index in [1.807, 2.05) is 6.92 Å². The van der Waals surface area contributed by atoms with Crippen molar-refractivity contribution in [2.75, 3.05) is 6.61 Å². The van der Waals surface area contributed by atoms with Crippen LogP contribution in [0.15, 0.2) is 18.2 Å². The van der Waals surface area contributed by atoms with Gasteiger partial charge in [-0.05, 0) is 31.5 Å². The summed E-state index contributed by atoms with van der Waals surface area (Å²) < 4.78 is 5.26. The molecule has 5 heteroatoms. The second-order valence-electron chi connectivity index (χ2n) is 3.74. The Bertz CT molecular complexity index is 393. The lowest BCUT2D eigenvalue weighted by Gasteiger charge is -2.11. The number of aromatic hydroxyl groups is 1. The van der Waals surface area contributed by atoms with Gasteiger partial charge in [-0.15, -0.1) is 0 Å². The van der Waals surface area contributed by atoms with E-state index >= 15 is 0 Å². The Morgan fingerprint density at radius 2 is 2.29 bits per heavy atom. The number of carbonyl (C=O) groups is 1. The van der Waals surface area contributed by atoms with Crippen molar-refractivity contribution in [3.05, 3.63) is 23.8 Å². The summed E-state index contributed by atoms with van der Waals surface area (Å²) in [5.41, 5.74) is 6.05. The predicted octanol–water partition coefficient (Wildman–Crippen LogP) is 0.754. The molecule has 0 saturated heterocycles. The van der Waals surface area contributed by atoms with Crippen LogP contribution in [0.1, 0.15) is 19.4 Å². The third-order valence-corrected chi connectivity index (χ3v) is 2.36. The molecule has 1 aromatic rings. The van der Waals surface area contributed by atoms with Gasteiger partial charge in [0.1, 0.15) is 0 Å². The predicted molar refractivity (Wildman–Crippen MR) is 64.8 cm³/mol. The maximum atomic E-state index is 10.8. The Hall–Kier alpha value is -1.75. The van der Waals surface area contributed by atoms with Gasteiger partial charge < -0.3 is 20.9 Å². The molecule has 0 radical (unpaired) electrons. The zero-order valence-corrected chi connectivity index (χ0v) is 10.1. The van der Waals surface area contributed by atoms with E-state index in [2.05, 4.69) is 5.32 Å². The van der Waals surface area contributed by atoms with Gasteiger partial charge in [0.2, 0.25) is 5.91 Å². The van der Waals surface area contributed by atoms with Crippen LogP contribution in [-0.2, 0) is 11.3 Å². The number of hydrogen-bond donors (Lipinski definition) is 3. The van der Waals surface area contributed by atoms with Crippen LogP contribution in [0, 0.1) is 0 Å². The molecule has 0 aliphatic heterocycles. The second kappa shape index (κ2) is 6.10. The largest absolute Gasteiger partial charge is 0.504 e. The molecule has 1 rings (SSSR count). The number of phenolic OH excluding ortho intramolecular Hbond substituents is 1. The first kappa shape index (κ1) is 13.3. The highest BCUT2D eigenvalue weighted by Crippen LogP contribution is 2.26. The van der Waals surface area contributed by atoms with Crippen LogP contribution < -0.4 is 15.8 Å². The smallest absolute Gasteiger partial charge is 0.234 e. The summed E-state index contributed by atoms with van der Waals surface area (Å²) >= 11 is 0. The van der Waals surface area contributed by atoms with Gasteiger partial charge in [0, 0.05) is 6.54 Å². The van der Waals surface area contributed by atoms with Crippen LogP contribution in [0.4, 0.5) is 0 Å². The lowest BCUT2D eigenvalue weighted by Crippen LogP contribution is -2.38. The standard InChI is InChI=1S/C12H18N2O3/c1-3-17-11-6-9(4-5-10(11)15)7-14-8(2)12(13)16/h4-6,8,14-15H,3,7H2,1-2H3,(H2,13,16). The molecule has 0 heterocycles. The second-order valence-corrected chi connectivity index (χ2v) is 3.74. The summed E-state index contributed by atoms with van der Waals surface area (Å²) in [6.07, 6.45) is 0. The molecule has 4 N–H and O–H groups in total. The van der Waals surface area contributed by atoms with Crippen molar-refractivity contribution < 1.29 is 14.6 Å². The normalized spacial score (nSPS) is 12.1. The van der Waals surface area contributed by atoms with E-state index in [1.54, 1.807) is 25.1 Å². The lowest BCUT2D eigenvalue weighted by molar-refractivity contribution is -0.119. The number of nitrogens with two attached hydrogens (primary N) is 1. The quantitative estimate of drug-likeness (QED) is 0.683. The summed E-state index contributed by atoms with van der Waals surface area (Å²) in [6, 6.07) is 4.68. The highest BCUT2D eigenvalue weighted by molar-refractivity contribution is 5.79. The van der Waals surface area contributed by atoms with E-state index in [0.29, 0.717) is 18.9 Å². The molecule has 0 aliphatic rings. The minimum Gasteiger partial charge on any atom is -0.504 e.